The van der Waals surface area contributed by atoms with Crippen LogP contribution in [0.4, 0.5) is 10.2 Å². The Bertz CT molecular complexity index is 958. The van der Waals surface area contributed by atoms with Crippen molar-refractivity contribution in [3.63, 3.8) is 0 Å². The molecule has 26 heavy (non-hydrogen) atoms. The number of phenols is 1. The number of phenolic OH excluding ortho intramolecular Hbond substituents is 1. The number of aromatic nitrogens is 3. The Morgan fingerprint density at radius 2 is 2.23 bits per heavy atom. The molecule has 1 fully saturated rings. The van der Waals surface area contributed by atoms with Gasteiger partial charge in [-0.1, -0.05) is 12.1 Å². The SMILES string of the molecule is O=C(NCc1cccc(O)c1)c1cnc2ccc(N3CCC(F)C3)nn12. The molecule has 1 aromatic carbocycles. The summed E-state index contributed by atoms with van der Waals surface area (Å²) in [5.41, 5.74) is 1.64. The Kier molecular flexibility index (Phi) is 4.16. The number of fused-ring (bicyclic) bond motifs is 1. The fourth-order valence-electron chi connectivity index (χ4n) is 3.05. The summed E-state index contributed by atoms with van der Waals surface area (Å²) in [6.45, 7) is 1.19. The van der Waals surface area contributed by atoms with Crippen molar-refractivity contribution in [1.29, 1.82) is 0 Å². The zero-order valence-corrected chi connectivity index (χ0v) is 14.0. The summed E-state index contributed by atoms with van der Waals surface area (Å²) in [4.78, 5) is 18.6. The van der Waals surface area contributed by atoms with E-state index in [2.05, 4.69) is 15.4 Å². The highest BCUT2D eigenvalue weighted by Crippen LogP contribution is 2.20. The summed E-state index contributed by atoms with van der Waals surface area (Å²) in [6.07, 6.45) is 1.10. The van der Waals surface area contributed by atoms with Crippen LogP contribution in [0.25, 0.3) is 5.65 Å². The second kappa shape index (κ2) is 6.62. The van der Waals surface area contributed by atoms with E-state index in [1.54, 1.807) is 30.3 Å². The maximum atomic E-state index is 13.4. The third-order valence-corrected chi connectivity index (χ3v) is 4.40. The highest BCUT2D eigenvalue weighted by Gasteiger charge is 2.23. The smallest absolute Gasteiger partial charge is 0.271 e. The molecule has 1 unspecified atom stereocenters. The second-order valence-electron chi connectivity index (χ2n) is 6.29. The molecule has 134 valence electrons. The van der Waals surface area contributed by atoms with Gasteiger partial charge in [0.05, 0.1) is 12.7 Å². The molecule has 0 aliphatic carbocycles. The molecule has 1 amide bonds. The number of nitrogens with one attached hydrogen (secondary N) is 1. The van der Waals surface area contributed by atoms with Crippen molar-refractivity contribution >= 4 is 17.4 Å². The maximum Gasteiger partial charge on any atom is 0.271 e. The number of anilines is 1. The van der Waals surface area contributed by atoms with Gasteiger partial charge in [-0.3, -0.25) is 4.79 Å². The van der Waals surface area contributed by atoms with Crippen molar-refractivity contribution in [2.24, 2.45) is 0 Å². The Labute approximate surface area is 149 Å². The van der Waals surface area contributed by atoms with Gasteiger partial charge >= 0.3 is 0 Å². The summed E-state index contributed by atoms with van der Waals surface area (Å²) in [5.74, 6) is 0.447. The number of benzene rings is 1. The normalized spacial score (nSPS) is 17.0. The van der Waals surface area contributed by atoms with E-state index in [0.717, 1.165) is 5.56 Å². The monoisotopic (exact) mass is 355 g/mol. The molecule has 4 rings (SSSR count). The van der Waals surface area contributed by atoms with Gasteiger partial charge in [-0.05, 0) is 36.2 Å². The van der Waals surface area contributed by atoms with E-state index in [-0.39, 0.29) is 18.2 Å². The van der Waals surface area contributed by atoms with E-state index in [1.165, 1.54) is 10.7 Å². The van der Waals surface area contributed by atoms with Crippen LogP contribution in [0.15, 0.2) is 42.6 Å². The van der Waals surface area contributed by atoms with Gasteiger partial charge in [0.1, 0.15) is 17.7 Å². The van der Waals surface area contributed by atoms with E-state index in [1.807, 2.05) is 11.0 Å². The number of carbonyl (C=O) groups is 1. The van der Waals surface area contributed by atoms with Crippen LogP contribution >= 0.6 is 0 Å². The molecule has 8 heteroatoms. The van der Waals surface area contributed by atoms with Crippen molar-refractivity contribution in [3.8, 4) is 5.75 Å². The van der Waals surface area contributed by atoms with Crippen LogP contribution in [-0.2, 0) is 6.54 Å². The molecular formula is C18H18FN5O2. The Morgan fingerprint density at radius 3 is 3.00 bits per heavy atom. The molecule has 0 radical (unpaired) electrons. The van der Waals surface area contributed by atoms with E-state index in [0.29, 0.717) is 36.7 Å². The van der Waals surface area contributed by atoms with Crippen LogP contribution in [-0.4, -0.2) is 44.9 Å². The summed E-state index contributed by atoms with van der Waals surface area (Å²) >= 11 is 0. The number of halogens is 1. The van der Waals surface area contributed by atoms with Crippen LogP contribution in [0.1, 0.15) is 22.5 Å². The molecule has 2 aromatic heterocycles. The van der Waals surface area contributed by atoms with Gasteiger partial charge in [0, 0.05) is 13.1 Å². The minimum absolute atomic E-state index is 0.148. The topological polar surface area (TPSA) is 82.8 Å². The van der Waals surface area contributed by atoms with Gasteiger partial charge in [0.2, 0.25) is 0 Å². The summed E-state index contributed by atoms with van der Waals surface area (Å²) in [6, 6.07) is 10.2. The van der Waals surface area contributed by atoms with Crippen molar-refractivity contribution in [3.05, 3.63) is 53.9 Å². The fourth-order valence-corrected chi connectivity index (χ4v) is 3.05. The number of hydrogen-bond donors (Lipinski definition) is 2. The summed E-state index contributed by atoms with van der Waals surface area (Å²) in [5, 5.41) is 16.7. The third kappa shape index (κ3) is 3.17. The molecular weight excluding hydrogens is 337 g/mol. The largest absolute Gasteiger partial charge is 0.508 e. The Hall–Kier alpha value is -3.16. The fraction of sp³-hybridized carbons (Fsp3) is 0.278. The van der Waals surface area contributed by atoms with Crippen LogP contribution in [0, 0.1) is 0 Å². The van der Waals surface area contributed by atoms with E-state index in [9.17, 15) is 14.3 Å². The van der Waals surface area contributed by atoms with Crippen molar-refractivity contribution in [2.45, 2.75) is 19.1 Å². The number of nitrogens with zero attached hydrogens (tertiary/aromatic N) is 4. The van der Waals surface area contributed by atoms with Gasteiger partial charge in [0.15, 0.2) is 11.3 Å². The molecule has 7 nitrogen and oxygen atoms in total. The second-order valence-corrected chi connectivity index (χ2v) is 6.29. The average molecular weight is 355 g/mol. The number of rotatable bonds is 4. The van der Waals surface area contributed by atoms with E-state index in [4.69, 9.17) is 0 Å². The Balaban J connectivity index is 1.54. The Morgan fingerprint density at radius 1 is 1.35 bits per heavy atom. The van der Waals surface area contributed by atoms with Gasteiger partial charge in [-0.2, -0.15) is 0 Å². The number of amides is 1. The van der Waals surface area contributed by atoms with Crippen LogP contribution in [0.2, 0.25) is 0 Å². The highest BCUT2D eigenvalue weighted by atomic mass is 19.1. The molecule has 1 aliphatic heterocycles. The molecule has 0 bridgehead atoms. The lowest BCUT2D eigenvalue weighted by atomic mass is 10.2. The number of aromatic hydroxyl groups is 1. The quantitative estimate of drug-likeness (QED) is 0.747. The molecule has 1 saturated heterocycles. The molecule has 1 atom stereocenters. The van der Waals surface area contributed by atoms with E-state index < -0.39 is 6.17 Å². The van der Waals surface area contributed by atoms with Gasteiger partial charge in [-0.15, -0.1) is 5.10 Å². The van der Waals surface area contributed by atoms with Crippen molar-refractivity contribution < 1.29 is 14.3 Å². The van der Waals surface area contributed by atoms with Gasteiger partial charge in [-0.25, -0.2) is 13.9 Å². The van der Waals surface area contributed by atoms with Gasteiger partial charge in [0.25, 0.3) is 5.91 Å². The minimum atomic E-state index is -0.847. The first-order valence-corrected chi connectivity index (χ1v) is 8.40. The van der Waals surface area contributed by atoms with Crippen LogP contribution in [0.5, 0.6) is 5.75 Å². The number of alkyl halides is 1. The molecule has 3 aromatic rings. The van der Waals surface area contributed by atoms with Crippen molar-refractivity contribution in [1.82, 2.24) is 19.9 Å². The predicted molar refractivity (Wildman–Crippen MR) is 94.0 cm³/mol. The van der Waals surface area contributed by atoms with E-state index >= 15 is 0 Å². The third-order valence-electron chi connectivity index (χ3n) is 4.40. The standard InChI is InChI=1S/C18H18FN5O2/c19-13-6-7-23(11-13)17-5-4-16-20-10-15(24(16)22-17)18(26)21-9-12-2-1-3-14(25)8-12/h1-5,8,10,13,25H,6-7,9,11H2,(H,21,26). The van der Waals surface area contributed by atoms with Gasteiger partial charge < -0.3 is 15.3 Å². The molecule has 3 heterocycles. The lowest BCUT2D eigenvalue weighted by molar-refractivity contribution is 0.0944. The zero-order valence-electron chi connectivity index (χ0n) is 14.0. The molecule has 0 saturated carbocycles. The molecule has 2 N–H and O–H groups in total. The number of carbonyl (C=O) groups excluding carboxylic acids is 1. The average Bonchev–Trinajstić information content (AvgIpc) is 3.25. The predicted octanol–water partition coefficient (Wildman–Crippen LogP) is 1.91. The maximum absolute atomic E-state index is 13.4. The zero-order chi connectivity index (χ0) is 18.1. The number of imidazole rings is 1. The van der Waals surface area contributed by atoms with Crippen LogP contribution in [0.3, 0.4) is 0 Å². The lowest BCUT2D eigenvalue weighted by Crippen LogP contribution is -2.26. The van der Waals surface area contributed by atoms with Crippen molar-refractivity contribution in [2.75, 3.05) is 18.0 Å². The summed E-state index contributed by atoms with van der Waals surface area (Å²) in [7, 11) is 0. The number of hydrogen-bond acceptors (Lipinski definition) is 5. The van der Waals surface area contributed by atoms with Crippen LogP contribution < -0.4 is 10.2 Å². The molecule has 1 aliphatic rings. The first-order chi connectivity index (χ1) is 12.6. The minimum Gasteiger partial charge on any atom is -0.508 e. The lowest BCUT2D eigenvalue weighted by Gasteiger charge is -2.16. The first-order valence-electron chi connectivity index (χ1n) is 8.40. The highest BCUT2D eigenvalue weighted by molar-refractivity contribution is 5.93. The summed E-state index contributed by atoms with van der Waals surface area (Å²) < 4.78 is 14.9. The molecule has 0 spiro atoms. The first kappa shape index (κ1) is 16.3.